The SMILES string of the molecule is C[C@H](NC(=O)OC(C)(C)C)C(=O)O[C@@H](C)Cc1ccc(F)cc1. The second-order valence-corrected chi connectivity index (χ2v) is 6.45. The van der Waals surface area contributed by atoms with Gasteiger partial charge in [-0.25, -0.2) is 14.0 Å². The highest BCUT2D eigenvalue weighted by Crippen LogP contribution is 2.09. The van der Waals surface area contributed by atoms with Gasteiger partial charge in [-0.15, -0.1) is 0 Å². The maximum Gasteiger partial charge on any atom is 0.408 e. The molecule has 0 aliphatic heterocycles. The van der Waals surface area contributed by atoms with Crippen molar-refractivity contribution in [1.82, 2.24) is 5.32 Å². The molecule has 5 nitrogen and oxygen atoms in total. The Bertz CT molecular complexity index is 537. The second kappa shape index (κ2) is 7.94. The Kier molecular flexibility index (Phi) is 6.54. The van der Waals surface area contributed by atoms with Crippen LogP contribution in [0, 0.1) is 5.82 Å². The number of hydrogen-bond donors (Lipinski definition) is 1. The molecule has 0 saturated heterocycles. The van der Waals surface area contributed by atoms with Gasteiger partial charge in [-0.1, -0.05) is 12.1 Å². The van der Waals surface area contributed by atoms with E-state index < -0.39 is 29.8 Å². The third kappa shape index (κ3) is 7.63. The number of carbonyl (C=O) groups is 2. The lowest BCUT2D eigenvalue weighted by atomic mass is 10.1. The van der Waals surface area contributed by atoms with Gasteiger partial charge < -0.3 is 14.8 Å². The summed E-state index contributed by atoms with van der Waals surface area (Å²) in [6, 6.07) is 5.18. The van der Waals surface area contributed by atoms with Gasteiger partial charge in [0.1, 0.15) is 23.6 Å². The molecule has 0 saturated carbocycles. The Hall–Kier alpha value is -2.11. The highest BCUT2D eigenvalue weighted by Gasteiger charge is 2.23. The van der Waals surface area contributed by atoms with Gasteiger partial charge in [-0.05, 0) is 52.3 Å². The Labute approximate surface area is 136 Å². The van der Waals surface area contributed by atoms with E-state index in [9.17, 15) is 14.0 Å². The van der Waals surface area contributed by atoms with Crippen LogP contribution in [0.4, 0.5) is 9.18 Å². The summed E-state index contributed by atoms with van der Waals surface area (Å²) in [5.41, 5.74) is 0.225. The van der Waals surface area contributed by atoms with Gasteiger partial charge in [-0.3, -0.25) is 0 Å². The van der Waals surface area contributed by atoms with Crippen LogP contribution in [0.3, 0.4) is 0 Å². The molecular weight excluding hydrogens is 301 g/mol. The van der Waals surface area contributed by atoms with Gasteiger partial charge in [0.25, 0.3) is 0 Å². The Morgan fingerprint density at radius 2 is 1.74 bits per heavy atom. The summed E-state index contributed by atoms with van der Waals surface area (Å²) < 4.78 is 23.2. The van der Waals surface area contributed by atoms with Crippen molar-refractivity contribution in [3.8, 4) is 0 Å². The predicted octanol–water partition coefficient (Wildman–Crippen LogP) is 3.21. The van der Waals surface area contributed by atoms with Crippen molar-refractivity contribution >= 4 is 12.1 Å². The average Bonchev–Trinajstić information content (AvgIpc) is 2.38. The van der Waals surface area contributed by atoms with Crippen LogP contribution in [0.25, 0.3) is 0 Å². The molecule has 0 heterocycles. The first-order valence-electron chi connectivity index (χ1n) is 7.51. The number of nitrogens with one attached hydrogen (secondary N) is 1. The van der Waals surface area contributed by atoms with Crippen molar-refractivity contribution < 1.29 is 23.5 Å². The molecule has 0 aliphatic carbocycles. The quantitative estimate of drug-likeness (QED) is 0.844. The van der Waals surface area contributed by atoms with E-state index in [2.05, 4.69) is 5.32 Å². The summed E-state index contributed by atoms with van der Waals surface area (Å²) in [5, 5.41) is 2.43. The van der Waals surface area contributed by atoms with Crippen molar-refractivity contribution in [3.05, 3.63) is 35.6 Å². The second-order valence-electron chi connectivity index (χ2n) is 6.45. The number of ether oxygens (including phenoxy) is 2. The van der Waals surface area contributed by atoms with Crippen LogP contribution >= 0.6 is 0 Å². The maximum absolute atomic E-state index is 12.8. The zero-order valence-corrected chi connectivity index (χ0v) is 14.2. The third-order valence-electron chi connectivity index (χ3n) is 2.84. The summed E-state index contributed by atoms with van der Waals surface area (Å²) in [6.07, 6.45) is -0.602. The van der Waals surface area contributed by atoms with E-state index in [-0.39, 0.29) is 5.82 Å². The first-order chi connectivity index (χ1) is 10.6. The molecule has 1 aromatic rings. The Morgan fingerprint density at radius 3 is 2.26 bits per heavy atom. The monoisotopic (exact) mass is 325 g/mol. The molecule has 0 bridgehead atoms. The standard InChI is InChI=1S/C17H24FNO4/c1-11(10-13-6-8-14(18)9-7-13)22-15(20)12(2)19-16(21)23-17(3,4)5/h6-9,11-12H,10H2,1-5H3,(H,19,21)/t11-,12-/m0/s1. The van der Waals surface area contributed by atoms with Gasteiger partial charge >= 0.3 is 12.1 Å². The first-order valence-corrected chi connectivity index (χ1v) is 7.51. The molecule has 0 unspecified atom stereocenters. The number of carbonyl (C=O) groups excluding carboxylic acids is 2. The fraction of sp³-hybridized carbons (Fsp3) is 0.529. The van der Waals surface area contributed by atoms with Crippen LogP contribution in [0.2, 0.25) is 0 Å². The Balaban J connectivity index is 2.44. The van der Waals surface area contributed by atoms with Crippen LogP contribution in [-0.4, -0.2) is 29.8 Å². The average molecular weight is 325 g/mol. The minimum atomic E-state index is -0.819. The van der Waals surface area contributed by atoms with Crippen LogP contribution < -0.4 is 5.32 Å². The lowest BCUT2D eigenvalue weighted by molar-refractivity contribution is -0.150. The number of benzene rings is 1. The van der Waals surface area contributed by atoms with Crippen molar-refractivity contribution in [1.29, 1.82) is 0 Å². The molecule has 2 atom stereocenters. The van der Waals surface area contributed by atoms with Gasteiger partial charge in [0.15, 0.2) is 0 Å². The number of alkyl carbamates (subject to hydrolysis) is 1. The molecule has 23 heavy (non-hydrogen) atoms. The van der Waals surface area contributed by atoms with Crippen LogP contribution in [-0.2, 0) is 20.7 Å². The number of esters is 1. The molecule has 1 N–H and O–H groups in total. The normalized spacial score (nSPS) is 13.8. The molecule has 0 aliphatic rings. The molecule has 6 heteroatoms. The lowest BCUT2D eigenvalue weighted by Crippen LogP contribution is -2.43. The molecule has 1 aromatic carbocycles. The highest BCUT2D eigenvalue weighted by atomic mass is 19.1. The number of hydrogen-bond acceptors (Lipinski definition) is 4. The lowest BCUT2D eigenvalue weighted by Gasteiger charge is -2.22. The largest absolute Gasteiger partial charge is 0.461 e. The molecule has 1 rings (SSSR count). The topological polar surface area (TPSA) is 64.6 Å². The van der Waals surface area contributed by atoms with E-state index in [1.165, 1.54) is 19.1 Å². The minimum absolute atomic E-state index is 0.311. The van der Waals surface area contributed by atoms with Crippen LogP contribution in [0.15, 0.2) is 24.3 Å². The fourth-order valence-corrected chi connectivity index (χ4v) is 1.84. The molecule has 0 fully saturated rings. The van der Waals surface area contributed by atoms with Crippen molar-refractivity contribution in [2.24, 2.45) is 0 Å². The van der Waals surface area contributed by atoms with E-state index in [0.29, 0.717) is 6.42 Å². The van der Waals surface area contributed by atoms with Crippen LogP contribution in [0.1, 0.15) is 40.2 Å². The summed E-state index contributed by atoms with van der Waals surface area (Å²) in [5.74, 6) is -0.862. The smallest absolute Gasteiger partial charge is 0.408 e. The van der Waals surface area contributed by atoms with Gasteiger partial charge in [0.2, 0.25) is 0 Å². The van der Waals surface area contributed by atoms with E-state index in [1.807, 2.05) is 0 Å². The minimum Gasteiger partial charge on any atom is -0.461 e. The van der Waals surface area contributed by atoms with E-state index in [4.69, 9.17) is 9.47 Å². The zero-order valence-electron chi connectivity index (χ0n) is 14.2. The van der Waals surface area contributed by atoms with E-state index >= 15 is 0 Å². The van der Waals surface area contributed by atoms with Crippen molar-refractivity contribution in [3.63, 3.8) is 0 Å². The molecular formula is C17H24FNO4. The van der Waals surface area contributed by atoms with Gasteiger partial charge in [0, 0.05) is 6.42 Å². The summed E-state index contributed by atoms with van der Waals surface area (Å²) in [7, 11) is 0. The summed E-state index contributed by atoms with van der Waals surface area (Å²) >= 11 is 0. The zero-order chi connectivity index (χ0) is 17.6. The third-order valence-corrected chi connectivity index (χ3v) is 2.84. The number of rotatable bonds is 5. The maximum atomic E-state index is 12.8. The van der Waals surface area contributed by atoms with Gasteiger partial charge in [0.05, 0.1) is 0 Å². The summed E-state index contributed by atoms with van der Waals surface area (Å²) in [4.78, 5) is 23.6. The molecule has 0 spiro atoms. The Morgan fingerprint density at radius 1 is 1.17 bits per heavy atom. The number of amides is 1. The van der Waals surface area contributed by atoms with E-state index in [0.717, 1.165) is 5.56 Å². The highest BCUT2D eigenvalue weighted by molar-refractivity contribution is 5.81. The molecule has 1 amide bonds. The first kappa shape index (κ1) is 18.9. The van der Waals surface area contributed by atoms with Crippen LogP contribution in [0.5, 0.6) is 0 Å². The number of halogens is 1. The fourth-order valence-electron chi connectivity index (χ4n) is 1.84. The molecule has 0 aromatic heterocycles. The molecule has 0 radical (unpaired) electrons. The predicted molar refractivity (Wildman–Crippen MR) is 84.5 cm³/mol. The molecule has 128 valence electrons. The van der Waals surface area contributed by atoms with E-state index in [1.54, 1.807) is 39.8 Å². The van der Waals surface area contributed by atoms with Gasteiger partial charge in [-0.2, -0.15) is 0 Å². The van der Waals surface area contributed by atoms with Crippen molar-refractivity contribution in [2.45, 2.75) is 58.8 Å². The van der Waals surface area contributed by atoms with Crippen molar-refractivity contribution in [2.75, 3.05) is 0 Å². The summed E-state index contributed by atoms with van der Waals surface area (Å²) in [6.45, 7) is 8.47.